The Morgan fingerprint density at radius 3 is 2.13 bits per heavy atom. The number of para-hydroxylation sites is 2. The minimum Gasteiger partial charge on any atom is -0.340 e. The summed E-state index contributed by atoms with van der Waals surface area (Å²) in [6, 6.07) is 24.8. The molecule has 0 radical (unpaired) electrons. The topological polar surface area (TPSA) is 96.0 Å². The molecule has 0 aliphatic heterocycles. The number of anilines is 4. The molecule has 1 heterocycles. The van der Waals surface area contributed by atoms with Gasteiger partial charge in [0.25, 0.3) is 0 Å². The average Bonchev–Trinajstić information content (AvgIpc) is 2.76. The summed E-state index contributed by atoms with van der Waals surface area (Å²) >= 11 is 0. The van der Waals surface area contributed by atoms with Gasteiger partial charge in [-0.05, 0) is 49.0 Å². The van der Waals surface area contributed by atoms with Crippen LogP contribution in [-0.4, -0.2) is 25.4 Å². The zero-order valence-corrected chi connectivity index (χ0v) is 18.4. The van der Waals surface area contributed by atoms with Crippen molar-refractivity contribution in [3.8, 4) is 0 Å². The molecule has 0 saturated heterocycles. The second-order valence-electron chi connectivity index (χ2n) is 6.69. The fraction of sp³-hybridized carbons (Fsp3) is 0.0909. The van der Waals surface area contributed by atoms with Crippen LogP contribution in [0.4, 0.5) is 23.1 Å². The Hall–Kier alpha value is -3.20. The summed E-state index contributed by atoms with van der Waals surface area (Å²) in [5.74, 6) is 1.08. The van der Waals surface area contributed by atoms with Gasteiger partial charge >= 0.3 is 0 Å². The maximum Gasteiger partial charge on any atom is 0.229 e. The first-order valence-corrected chi connectivity index (χ1v) is 11.0. The molecule has 7 nitrogen and oxygen atoms in total. The summed E-state index contributed by atoms with van der Waals surface area (Å²) in [4.78, 5) is 9.25. The highest BCUT2D eigenvalue weighted by Crippen LogP contribution is 2.26. The van der Waals surface area contributed by atoms with Crippen LogP contribution < -0.4 is 15.4 Å². The van der Waals surface area contributed by atoms with Crippen LogP contribution in [0.5, 0.6) is 0 Å². The van der Waals surface area contributed by atoms with Crippen LogP contribution in [-0.2, 0) is 15.8 Å². The number of nitrogens with zero attached hydrogens (tertiary/aromatic N) is 2. The van der Waals surface area contributed by atoms with Gasteiger partial charge in [-0.15, -0.1) is 12.4 Å². The number of nitrogens with one attached hydrogen (secondary N) is 3. The SMILES string of the molecule is CNS(=O)(=O)Cc1ccc(Nc2nc(Nc3ccccc3)c3ccccc3n2)cc1.Cl. The number of rotatable bonds is 7. The molecule has 160 valence electrons. The normalized spacial score (nSPS) is 11.0. The quantitative estimate of drug-likeness (QED) is 0.377. The second-order valence-corrected chi connectivity index (χ2v) is 8.62. The second kappa shape index (κ2) is 9.74. The molecule has 9 heteroatoms. The highest BCUT2D eigenvalue weighted by atomic mass is 35.5. The fourth-order valence-corrected chi connectivity index (χ4v) is 3.77. The predicted octanol–water partition coefficient (Wildman–Crippen LogP) is 4.59. The Balaban J connectivity index is 0.00000272. The zero-order chi connectivity index (χ0) is 21.0. The Morgan fingerprint density at radius 2 is 1.42 bits per heavy atom. The maximum atomic E-state index is 11.7. The maximum absolute atomic E-state index is 11.7. The van der Waals surface area contributed by atoms with Gasteiger partial charge in [-0.1, -0.05) is 42.5 Å². The van der Waals surface area contributed by atoms with Crippen molar-refractivity contribution < 1.29 is 8.42 Å². The van der Waals surface area contributed by atoms with E-state index in [1.54, 1.807) is 12.1 Å². The lowest BCUT2D eigenvalue weighted by molar-refractivity contribution is 0.587. The van der Waals surface area contributed by atoms with E-state index in [0.29, 0.717) is 17.3 Å². The summed E-state index contributed by atoms with van der Waals surface area (Å²) in [6.07, 6.45) is 0. The van der Waals surface area contributed by atoms with E-state index in [4.69, 9.17) is 0 Å². The van der Waals surface area contributed by atoms with Gasteiger partial charge in [0.1, 0.15) is 5.82 Å². The highest BCUT2D eigenvalue weighted by Gasteiger charge is 2.10. The third-order valence-corrected chi connectivity index (χ3v) is 5.85. The smallest absolute Gasteiger partial charge is 0.229 e. The third-order valence-electron chi connectivity index (χ3n) is 4.52. The minimum atomic E-state index is -3.31. The molecular weight excluding hydrogens is 434 g/mol. The lowest BCUT2D eigenvalue weighted by Gasteiger charge is -2.12. The Labute approximate surface area is 187 Å². The number of aromatic nitrogens is 2. The first-order chi connectivity index (χ1) is 14.5. The molecule has 0 amide bonds. The molecule has 1 aromatic heterocycles. The van der Waals surface area contributed by atoms with Crippen molar-refractivity contribution in [2.75, 3.05) is 17.7 Å². The zero-order valence-electron chi connectivity index (χ0n) is 16.7. The van der Waals surface area contributed by atoms with E-state index in [1.807, 2.05) is 66.7 Å². The van der Waals surface area contributed by atoms with Crippen LogP contribution in [0.25, 0.3) is 10.9 Å². The molecule has 0 fully saturated rings. The predicted molar refractivity (Wildman–Crippen MR) is 128 cm³/mol. The summed E-state index contributed by atoms with van der Waals surface area (Å²) in [7, 11) is -1.90. The first-order valence-electron chi connectivity index (χ1n) is 9.38. The van der Waals surface area contributed by atoms with Gasteiger partial charge in [0.2, 0.25) is 16.0 Å². The number of benzene rings is 3. The van der Waals surface area contributed by atoms with Crippen LogP contribution in [0.15, 0.2) is 78.9 Å². The molecule has 3 N–H and O–H groups in total. The van der Waals surface area contributed by atoms with E-state index in [9.17, 15) is 8.42 Å². The van der Waals surface area contributed by atoms with Crippen molar-refractivity contribution in [2.24, 2.45) is 0 Å². The van der Waals surface area contributed by atoms with E-state index >= 15 is 0 Å². The van der Waals surface area contributed by atoms with E-state index < -0.39 is 10.0 Å². The average molecular weight is 456 g/mol. The molecule has 0 saturated carbocycles. The van der Waals surface area contributed by atoms with Crippen molar-refractivity contribution >= 4 is 56.5 Å². The number of hydrogen-bond donors (Lipinski definition) is 3. The van der Waals surface area contributed by atoms with E-state index in [2.05, 4.69) is 25.3 Å². The molecule has 0 atom stereocenters. The molecule has 3 aromatic carbocycles. The van der Waals surface area contributed by atoms with Crippen molar-refractivity contribution in [3.05, 3.63) is 84.4 Å². The number of sulfonamides is 1. The van der Waals surface area contributed by atoms with Gasteiger partial charge in [0, 0.05) is 16.8 Å². The molecule has 0 spiro atoms. The van der Waals surface area contributed by atoms with Crippen LogP contribution >= 0.6 is 12.4 Å². The number of halogens is 1. The molecule has 4 rings (SSSR count). The van der Waals surface area contributed by atoms with Crippen LogP contribution in [0, 0.1) is 0 Å². The number of fused-ring (bicyclic) bond motifs is 1. The Morgan fingerprint density at radius 1 is 0.774 bits per heavy atom. The summed E-state index contributed by atoms with van der Waals surface area (Å²) in [5.41, 5.74) is 3.20. The molecule has 0 unspecified atom stereocenters. The van der Waals surface area contributed by atoms with Gasteiger partial charge in [-0.2, -0.15) is 4.98 Å². The molecule has 0 aliphatic rings. The summed E-state index contributed by atoms with van der Waals surface area (Å²) in [5, 5.41) is 7.46. The van der Waals surface area contributed by atoms with Crippen molar-refractivity contribution in [1.29, 1.82) is 0 Å². The van der Waals surface area contributed by atoms with Gasteiger partial charge in [0.05, 0.1) is 11.3 Å². The minimum absolute atomic E-state index is 0. The molecule has 31 heavy (non-hydrogen) atoms. The third kappa shape index (κ3) is 5.69. The van der Waals surface area contributed by atoms with Crippen molar-refractivity contribution in [3.63, 3.8) is 0 Å². The van der Waals surface area contributed by atoms with Crippen LogP contribution in [0.1, 0.15) is 5.56 Å². The van der Waals surface area contributed by atoms with Gasteiger partial charge in [-0.3, -0.25) is 0 Å². The Bertz CT molecular complexity index is 1270. The van der Waals surface area contributed by atoms with Gasteiger partial charge in [-0.25, -0.2) is 18.1 Å². The van der Waals surface area contributed by atoms with E-state index in [1.165, 1.54) is 7.05 Å². The standard InChI is InChI=1S/C22H21N5O2S.ClH/c1-23-30(28,29)15-16-11-13-18(14-12-16)25-22-26-20-10-6-5-9-19(20)21(27-22)24-17-7-3-2-4-8-17;/h2-14,23H,15H2,1H3,(H2,24,25,26,27);1H. The summed E-state index contributed by atoms with van der Waals surface area (Å²) in [6.45, 7) is 0. The van der Waals surface area contributed by atoms with Crippen molar-refractivity contribution in [2.45, 2.75) is 5.75 Å². The lowest BCUT2D eigenvalue weighted by Crippen LogP contribution is -2.20. The van der Waals surface area contributed by atoms with Crippen molar-refractivity contribution in [1.82, 2.24) is 14.7 Å². The van der Waals surface area contributed by atoms with Crippen LogP contribution in [0.2, 0.25) is 0 Å². The molecular formula is C22H22ClN5O2S. The fourth-order valence-electron chi connectivity index (χ4n) is 2.99. The van der Waals surface area contributed by atoms with Gasteiger partial charge in [0.15, 0.2) is 0 Å². The van der Waals surface area contributed by atoms with Gasteiger partial charge < -0.3 is 10.6 Å². The monoisotopic (exact) mass is 455 g/mol. The lowest BCUT2D eigenvalue weighted by atomic mass is 10.2. The Kier molecular flexibility index (Phi) is 7.06. The first kappa shape index (κ1) is 22.5. The molecule has 0 bridgehead atoms. The largest absolute Gasteiger partial charge is 0.340 e. The van der Waals surface area contributed by atoms with E-state index in [-0.39, 0.29) is 18.2 Å². The number of hydrogen-bond acceptors (Lipinski definition) is 6. The summed E-state index contributed by atoms with van der Waals surface area (Å²) < 4.78 is 25.7. The van der Waals surface area contributed by atoms with Crippen LogP contribution in [0.3, 0.4) is 0 Å². The molecule has 0 aliphatic carbocycles. The highest BCUT2D eigenvalue weighted by molar-refractivity contribution is 7.88. The molecule has 4 aromatic rings. The van der Waals surface area contributed by atoms with E-state index in [0.717, 1.165) is 22.3 Å².